The van der Waals surface area contributed by atoms with Crippen molar-refractivity contribution in [3.05, 3.63) is 64.1 Å². The molecule has 0 amide bonds. The van der Waals surface area contributed by atoms with Gasteiger partial charge in [0.05, 0.1) is 11.1 Å². The zero-order valence-corrected chi connectivity index (χ0v) is 15.7. The predicted molar refractivity (Wildman–Crippen MR) is 101 cm³/mol. The molecule has 5 nitrogen and oxygen atoms in total. The first-order chi connectivity index (χ1) is 11.3. The van der Waals surface area contributed by atoms with Crippen molar-refractivity contribution in [2.45, 2.75) is 17.9 Å². The van der Waals surface area contributed by atoms with Crippen LogP contribution >= 0.6 is 35.4 Å². The smallest absolute Gasteiger partial charge is 0.258 e. The Balaban J connectivity index is 1.99. The molecule has 0 aromatic heterocycles. The van der Waals surface area contributed by atoms with Gasteiger partial charge in [0.25, 0.3) is 10.0 Å². The zero-order chi connectivity index (χ0) is 17.7. The average molecular weight is 404 g/mol. The molecule has 0 radical (unpaired) electrons. The zero-order valence-electron chi connectivity index (χ0n) is 12.6. The second kappa shape index (κ2) is 8.13. The third-order valence-electron chi connectivity index (χ3n) is 3.13. The topological polar surface area (TPSA) is 70.2 Å². The van der Waals surface area contributed by atoms with Gasteiger partial charge in [-0.3, -0.25) is 5.43 Å². The van der Waals surface area contributed by atoms with Crippen LogP contribution in [0.4, 0.5) is 0 Å². The number of halogens is 2. The molecule has 2 aromatic carbocycles. The second-order valence-electron chi connectivity index (χ2n) is 4.91. The summed E-state index contributed by atoms with van der Waals surface area (Å²) in [6.45, 7) is 1.91. The van der Waals surface area contributed by atoms with Crippen molar-refractivity contribution in [2.24, 2.45) is 0 Å². The van der Waals surface area contributed by atoms with E-state index in [4.69, 9.17) is 35.4 Å². The summed E-state index contributed by atoms with van der Waals surface area (Å²) in [5.41, 5.74) is 3.47. The summed E-state index contributed by atoms with van der Waals surface area (Å²) in [5.74, 6) is 0. The number of hydrogen-bond donors (Lipinski definition) is 3. The predicted octanol–water partition coefficient (Wildman–Crippen LogP) is 3.41. The van der Waals surface area contributed by atoms with Crippen molar-refractivity contribution in [1.82, 2.24) is 15.6 Å². The molecule has 0 aliphatic rings. The molecule has 2 rings (SSSR count). The minimum atomic E-state index is -3.91. The summed E-state index contributed by atoms with van der Waals surface area (Å²) in [7, 11) is -3.91. The van der Waals surface area contributed by atoms with Crippen LogP contribution in [0.2, 0.25) is 10.0 Å². The Kier molecular flexibility index (Phi) is 6.42. The van der Waals surface area contributed by atoms with E-state index in [1.165, 1.54) is 18.2 Å². The number of benzene rings is 2. The van der Waals surface area contributed by atoms with Gasteiger partial charge in [-0.15, -0.1) is 4.83 Å². The summed E-state index contributed by atoms with van der Waals surface area (Å²) in [6.07, 6.45) is 0. The SMILES string of the molecule is C[C@@H](NC(=S)NNS(=O)(=O)c1cc(Cl)ccc1Cl)c1ccccc1. The number of hydrazine groups is 1. The van der Waals surface area contributed by atoms with Gasteiger partial charge in [0, 0.05) is 5.02 Å². The van der Waals surface area contributed by atoms with E-state index < -0.39 is 10.0 Å². The molecule has 0 heterocycles. The van der Waals surface area contributed by atoms with Gasteiger partial charge in [0.1, 0.15) is 4.90 Å². The molecule has 0 fully saturated rings. The van der Waals surface area contributed by atoms with Crippen LogP contribution in [0.3, 0.4) is 0 Å². The van der Waals surface area contributed by atoms with E-state index in [9.17, 15) is 8.42 Å². The second-order valence-corrected chi connectivity index (χ2v) is 7.81. The summed E-state index contributed by atoms with van der Waals surface area (Å²) >= 11 is 16.8. The van der Waals surface area contributed by atoms with E-state index in [0.29, 0.717) is 0 Å². The standard InChI is InChI=1S/C15H15Cl2N3O2S2/c1-10(11-5-3-2-4-6-11)18-15(23)19-20-24(21,22)14-9-12(16)7-8-13(14)17/h2-10,20H,1H3,(H2,18,19,23)/t10-/m1/s1. The maximum absolute atomic E-state index is 12.3. The van der Waals surface area contributed by atoms with Crippen molar-refractivity contribution >= 4 is 50.6 Å². The van der Waals surface area contributed by atoms with E-state index in [2.05, 4.69) is 15.6 Å². The van der Waals surface area contributed by atoms with Crippen molar-refractivity contribution in [1.29, 1.82) is 0 Å². The number of sulfonamides is 1. The summed E-state index contributed by atoms with van der Waals surface area (Å²) in [5, 5.41) is 3.44. The van der Waals surface area contributed by atoms with E-state index >= 15 is 0 Å². The highest BCUT2D eigenvalue weighted by Crippen LogP contribution is 2.24. The molecule has 0 unspecified atom stereocenters. The van der Waals surface area contributed by atoms with Gasteiger partial charge in [-0.25, -0.2) is 8.42 Å². The lowest BCUT2D eigenvalue weighted by molar-refractivity contribution is 0.575. The van der Waals surface area contributed by atoms with Crippen LogP contribution in [0.15, 0.2) is 53.4 Å². The van der Waals surface area contributed by atoms with Gasteiger partial charge < -0.3 is 5.32 Å². The first-order valence-electron chi connectivity index (χ1n) is 6.88. The number of thiocarbonyl (C=S) groups is 1. The number of rotatable bonds is 5. The normalized spacial score (nSPS) is 12.5. The van der Waals surface area contributed by atoms with Crippen molar-refractivity contribution in [3.63, 3.8) is 0 Å². The maximum atomic E-state index is 12.3. The molecule has 0 bridgehead atoms. The molecule has 1 atom stereocenters. The number of nitrogens with one attached hydrogen (secondary N) is 3. The quantitative estimate of drug-likeness (QED) is 0.526. The van der Waals surface area contributed by atoms with Gasteiger partial charge in [0.2, 0.25) is 0 Å². The van der Waals surface area contributed by atoms with Gasteiger partial charge in [0.15, 0.2) is 5.11 Å². The van der Waals surface area contributed by atoms with Crippen LogP contribution in [-0.4, -0.2) is 13.5 Å². The molecule has 0 saturated heterocycles. The minimum absolute atomic E-state index is 0.0604. The van der Waals surface area contributed by atoms with E-state index in [1.54, 1.807) is 0 Å². The third kappa shape index (κ3) is 5.06. The molecule has 0 saturated carbocycles. The molecule has 3 N–H and O–H groups in total. The van der Waals surface area contributed by atoms with Crippen LogP contribution in [0.1, 0.15) is 18.5 Å². The largest absolute Gasteiger partial charge is 0.355 e. The lowest BCUT2D eigenvalue weighted by Gasteiger charge is -2.18. The fraction of sp³-hybridized carbons (Fsp3) is 0.133. The summed E-state index contributed by atoms with van der Waals surface area (Å²) in [6, 6.07) is 13.7. The Bertz CT molecular complexity index is 830. The van der Waals surface area contributed by atoms with Crippen LogP contribution < -0.4 is 15.6 Å². The Morgan fingerprint density at radius 2 is 1.79 bits per heavy atom. The van der Waals surface area contributed by atoms with Gasteiger partial charge in [-0.1, -0.05) is 53.5 Å². The molecule has 9 heteroatoms. The molecule has 0 aliphatic carbocycles. The van der Waals surface area contributed by atoms with E-state index in [-0.39, 0.29) is 26.1 Å². The fourth-order valence-corrected chi connectivity index (χ4v) is 3.81. The highest BCUT2D eigenvalue weighted by atomic mass is 35.5. The van der Waals surface area contributed by atoms with E-state index in [0.717, 1.165) is 5.56 Å². The Hall–Kier alpha value is -1.38. The number of hydrogen-bond acceptors (Lipinski definition) is 3. The molecule has 128 valence electrons. The molecular weight excluding hydrogens is 389 g/mol. The van der Waals surface area contributed by atoms with Crippen molar-refractivity contribution < 1.29 is 8.42 Å². The lowest BCUT2D eigenvalue weighted by atomic mass is 10.1. The van der Waals surface area contributed by atoms with Gasteiger partial charge in [-0.05, 0) is 42.9 Å². The van der Waals surface area contributed by atoms with Crippen molar-refractivity contribution in [3.8, 4) is 0 Å². The highest BCUT2D eigenvalue weighted by molar-refractivity contribution is 7.89. The monoisotopic (exact) mass is 403 g/mol. The Morgan fingerprint density at radius 3 is 2.46 bits per heavy atom. The minimum Gasteiger partial charge on any atom is -0.355 e. The first-order valence-corrected chi connectivity index (χ1v) is 9.52. The molecular formula is C15H15Cl2N3O2S2. The van der Waals surface area contributed by atoms with Crippen LogP contribution in [-0.2, 0) is 10.0 Å². The van der Waals surface area contributed by atoms with Crippen LogP contribution in [0, 0.1) is 0 Å². The van der Waals surface area contributed by atoms with Crippen LogP contribution in [0.5, 0.6) is 0 Å². The maximum Gasteiger partial charge on any atom is 0.258 e. The molecule has 0 aliphatic heterocycles. The third-order valence-corrected chi connectivity index (χ3v) is 5.31. The highest BCUT2D eigenvalue weighted by Gasteiger charge is 2.19. The van der Waals surface area contributed by atoms with Gasteiger partial charge in [-0.2, -0.15) is 0 Å². The van der Waals surface area contributed by atoms with Crippen molar-refractivity contribution in [2.75, 3.05) is 0 Å². The molecule has 2 aromatic rings. The fourth-order valence-electron chi connectivity index (χ4n) is 1.91. The Labute approximate surface area is 156 Å². The van der Waals surface area contributed by atoms with E-state index in [1.807, 2.05) is 37.3 Å². The summed E-state index contributed by atoms with van der Waals surface area (Å²) in [4.78, 5) is 2.04. The lowest BCUT2D eigenvalue weighted by Crippen LogP contribution is -2.47. The molecule has 0 spiro atoms. The first kappa shape index (κ1) is 19.0. The summed E-state index contributed by atoms with van der Waals surface area (Å²) < 4.78 is 24.5. The Morgan fingerprint density at radius 1 is 1.12 bits per heavy atom. The van der Waals surface area contributed by atoms with Gasteiger partial charge >= 0.3 is 0 Å². The molecule has 24 heavy (non-hydrogen) atoms. The average Bonchev–Trinajstić information content (AvgIpc) is 2.56. The van der Waals surface area contributed by atoms with Crippen LogP contribution in [0.25, 0.3) is 0 Å².